The lowest BCUT2D eigenvalue weighted by Crippen LogP contribution is -2.69. The molecule has 1 aromatic rings. The number of nitrogens with zero attached hydrogens (tertiary/aromatic N) is 3. The standard InChI is InChI=1S/C39H65N5O6S/c1-23(2)24(3)34(7)16-17-36(9)25-12-13-28-35(8)19-49-21-39(28,26(25)14-15-37(36,10)29(34)31(45)46)18-27(44-22-42-32(43-44)51(41,47)48)30(35)50-20-38(11,40)33(4,5)6/h14,22-25,27-30H,12-13,15-21,40H2,1-11H3,(H,45,46)(H2,41,47,48)/t24-,25+,27-,28+,29-,30+,34-,35+,36-,37+,38+,39+/m1/s1. The summed E-state index contributed by atoms with van der Waals surface area (Å²) in [5.41, 5.74) is 5.62. The van der Waals surface area contributed by atoms with E-state index in [0.717, 1.165) is 25.7 Å². The fourth-order valence-corrected chi connectivity index (χ4v) is 12.6. The molecule has 0 unspecified atom stereocenters. The molecule has 0 spiro atoms. The van der Waals surface area contributed by atoms with E-state index in [1.54, 1.807) is 4.68 Å². The summed E-state index contributed by atoms with van der Waals surface area (Å²) in [6.45, 7) is 25.5. The van der Waals surface area contributed by atoms with Crippen LogP contribution in [0, 0.1) is 62.1 Å². The molecule has 12 atom stereocenters. The van der Waals surface area contributed by atoms with Crippen LogP contribution in [0.5, 0.6) is 0 Å². The van der Waals surface area contributed by atoms with Gasteiger partial charge in [0.15, 0.2) is 0 Å². The van der Waals surface area contributed by atoms with Gasteiger partial charge in [-0.1, -0.05) is 80.9 Å². The number of rotatable bonds is 8. The third-order valence-corrected chi connectivity index (χ3v) is 17.1. The number of carbonyl (C=O) groups is 1. The van der Waals surface area contributed by atoms with Crippen LogP contribution in [0.2, 0.25) is 0 Å². The molecule has 1 saturated heterocycles. The molecular formula is C39H65N5O6S. The number of fused-ring (bicyclic) bond motifs is 3. The lowest BCUT2D eigenvalue weighted by Gasteiger charge is -2.71. The normalized spacial score (nSPS) is 42.9. The van der Waals surface area contributed by atoms with Gasteiger partial charge in [0, 0.05) is 16.4 Å². The van der Waals surface area contributed by atoms with Crippen LogP contribution in [0.1, 0.15) is 121 Å². The first kappa shape index (κ1) is 38.9. The van der Waals surface area contributed by atoms with Gasteiger partial charge >= 0.3 is 5.97 Å². The van der Waals surface area contributed by atoms with Gasteiger partial charge in [0.25, 0.3) is 15.2 Å². The number of hydrogen-bond donors (Lipinski definition) is 3. The summed E-state index contributed by atoms with van der Waals surface area (Å²) in [6, 6.07) is -0.358. The number of carboxylic acids is 1. The largest absolute Gasteiger partial charge is 0.481 e. The van der Waals surface area contributed by atoms with Gasteiger partial charge in [-0.2, -0.15) is 0 Å². The third kappa shape index (κ3) is 5.53. The molecule has 11 nitrogen and oxygen atoms in total. The highest BCUT2D eigenvalue weighted by molar-refractivity contribution is 7.89. The quantitative estimate of drug-likeness (QED) is 0.263. The molecule has 0 radical (unpaired) electrons. The third-order valence-electron chi connectivity index (χ3n) is 16.4. The molecule has 51 heavy (non-hydrogen) atoms. The van der Waals surface area contributed by atoms with Crippen molar-refractivity contribution in [3.8, 4) is 0 Å². The summed E-state index contributed by atoms with van der Waals surface area (Å²) in [7, 11) is -4.12. The summed E-state index contributed by atoms with van der Waals surface area (Å²) in [6.07, 6.45) is 8.63. The monoisotopic (exact) mass is 731 g/mol. The maximum absolute atomic E-state index is 13.5. The second-order valence-corrected chi connectivity index (χ2v) is 21.5. The first-order valence-corrected chi connectivity index (χ1v) is 20.7. The van der Waals surface area contributed by atoms with E-state index < -0.39 is 43.4 Å². The van der Waals surface area contributed by atoms with Crippen LogP contribution in [0.15, 0.2) is 23.1 Å². The Kier molecular flexibility index (Phi) is 9.20. The first-order chi connectivity index (χ1) is 23.3. The second kappa shape index (κ2) is 12.1. The van der Waals surface area contributed by atoms with E-state index in [9.17, 15) is 18.3 Å². The van der Waals surface area contributed by atoms with Crippen LogP contribution in [0.3, 0.4) is 0 Å². The van der Waals surface area contributed by atoms with Crippen molar-refractivity contribution in [2.24, 2.45) is 73.0 Å². The Bertz CT molecular complexity index is 1680. The second-order valence-electron chi connectivity index (χ2n) is 20.1. The zero-order valence-electron chi connectivity index (χ0n) is 33.0. The van der Waals surface area contributed by atoms with Crippen molar-refractivity contribution in [3.63, 3.8) is 0 Å². The predicted molar refractivity (Wildman–Crippen MR) is 196 cm³/mol. The molecule has 12 heteroatoms. The highest BCUT2D eigenvalue weighted by atomic mass is 32.2. The van der Waals surface area contributed by atoms with E-state index >= 15 is 0 Å². The van der Waals surface area contributed by atoms with Gasteiger partial charge in [0.2, 0.25) is 0 Å². The Labute approximate surface area is 306 Å². The van der Waals surface area contributed by atoms with Gasteiger partial charge in [-0.05, 0) is 90.8 Å². The first-order valence-electron chi connectivity index (χ1n) is 19.2. The summed E-state index contributed by atoms with van der Waals surface area (Å²) in [4.78, 5) is 17.6. The van der Waals surface area contributed by atoms with Gasteiger partial charge in [-0.3, -0.25) is 4.79 Å². The Morgan fingerprint density at radius 3 is 2.33 bits per heavy atom. The zero-order chi connectivity index (χ0) is 38.0. The molecule has 0 amide bonds. The lowest BCUT2D eigenvalue weighted by atomic mass is 9.34. The van der Waals surface area contributed by atoms with Gasteiger partial charge < -0.3 is 20.3 Å². The van der Waals surface area contributed by atoms with Crippen LogP contribution in [0.25, 0.3) is 0 Å². The molecular weight excluding hydrogens is 667 g/mol. The molecule has 5 aliphatic rings. The fourth-order valence-electron chi connectivity index (χ4n) is 12.2. The van der Waals surface area contributed by atoms with Crippen molar-refractivity contribution in [1.82, 2.24) is 14.8 Å². The number of aromatic nitrogens is 3. The molecule has 4 fully saturated rings. The van der Waals surface area contributed by atoms with Crippen LogP contribution < -0.4 is 10.9 Å². The lowest BCUT2D eigenvalue weighted by molar-refractivity contribution is -0.253. The maximum Gasteiger partial charge on any atom is 0.307 e. The number of carboxylic acid groups (broad SMARTS) is 1. The molecule has 2 heterocycles. The fraction of sp³-hybridized carbons (Fsp3) is 0.872. The van der Waals surface area contributed by atoms with Gasteiger partial charge in [-0.15, -0.1) is 5.10 Å². The topological polar surface area (TPSA) is 173 Å². The number of nitrogens with two attached hydrogens (primary N) is 2. The van der Waals surface area contributed by atoms with Crippen molar-refractivity contribution in [1.29, 1.82) is 0 Å². The Balaban J connectivity index is 1.47. The molecule has 6 rings (SSSR count). The molecule has 1 aliphatic heterocycles. The van der Waals surface area contributed by atoms with E-state index in [-0.39, 0.29) is 51.6 Å². The predicted octanol–water partition coefficient (Wildman–Crippen LogP) is 6.20. The molecule has 5 N–H and O–H groups in total. The number of sulfonamides is 1. The van der Waals surface area contributed by atoms with Crippen LogP contribution in [-0.2, 0) is 24.3 Å². The van der Waals surface area contributed by atoms with E-state index in [1.807, 2.05) is 6.92 Å². The van der Waals surface area contributed by atoms with Crippen molar-refractivity contribution in [2.45, 2.75) is 138 Å². The summed E-state index contributed by atoms with van der Waals surface area (Å²) in [5, 5.41) is 20.6. The smallest absolute Gasteiger partial charge is 0.307 e. The van der Waals surface area contributed by atoms with Crippen molar-refractivity contribution < 1.29 is 27.8 Å². The molecule has 288 valence electrons. The molecule has 4 aliphatic carbocycles. The van der Waals surface area contributed by atoms with Crippen molar-refractivity contribution in [3.05, 3.63) is 18.0 Å². The van der Waals surface area contributed by atoms with Crippen molar-refractivity contribution >= 4 is 16.0 Å². The summed E-state index contributed by atoms with van der Waals surface area (Å²) >= 11 is 0. The number of aliphatic carboxylic acids is 1. The van der Waals surface area contributed by atoms with E-state index in [1.165, 1.54) is 11.9 Å². The van der Waals surface area contributed by atoms with E-state index in [4.69, 9.17) is 20.3 Å². The molecule has 2 bridgehead atoms. The Hall–Kier alpha value is -1.86. The van der Waals surface area contributed by atoms with E-state index in [0.29, 0.717) is 38.6 Å². The van der Waals surface area contributed by atoms with Crippen molar-refractivity contribution in [2.75, 3.05) is 19.8 Å². The van der Waals surface area contributed by atoms with Gasteiger partial charge in [0.05, 0.1) is 37.9 Å². The SMILES string of the molecule is CC(C)[C@@H](C)[C@@]1(C)CC[C@]2(C)[C@H]3CC[C@@H]4[C@@]5(COC[C@]4(C)[C@@H](OC[C@](C)(N)C(C)(C)C)[C@H](n4cnc(S(N)(=O)=O)n4)C5)C3=CC[C@@]2(C)[C@@H]1C(=O)O. The van der Waals surface area contributed by atoms with Crippen LogP contribution in [0.4, 0.5) is 0 Å². The average molecular weight is 732 g/mol. The minimum Gasteiger partial charge on any atom is -0.481 e. The Morgan fingerprint density at radius 1 is 1.10 bits per heavy atom. The van der Waals surface area contributed by atoms with E-state index in [2.05, 4.69) is 85.4 Å². The maximum atomic E-state index is 13.5. The summed E-state index contributed by atoms with van der Waals surface area (Å²) in [5.74, 6) is -0.0673. The highest BCUT2D eigenvalue weighted by Gasteiger charge is 2.72. The number of hydrogen-bond acceptors (Lipinski definition) is 8. The molecule has 1 aromatic heterocycles. The zero-order valence-corrected chi connectivity index (χ0v) is 33.8. The highest BCUT2D eigenvalue weighted by Crippen LogP contribution is 2.75. The molecule has 0 aromatic carbocycles. The minimum atomic E-state index is -4.12. The molecule has 3 saturated carbocycles. The minimum absolute atomic E-state index is 0.196. The van der Waals surface area contributed by atoms with Gasteiger partial charge in [-0.25, -0.2) is 23.2 Å². The number of ether oxygens (including phenoxy) is 2. The Morgan fingerprint density at radius 2 is 1.76 bits per heavy atom. The summed E-state index contributed by atoms with van der Waals surface area (Å²) < 4.78 is 40.0. The number of primary sulfonamides is 1. The number of allylic oxidation sites excluding steroid dienone is 1. The van der Waals surface area contributed by atoms with Gasteiger partial charge in [0.1, 0.15) is 6.33 Å². The average Bonchev–Trinajstić information content (AvgIpc) is 3.51. The van der Waals surface area contributed by atoms with Crippen LogP contribution in [-0.4, -0.2) is 65.7 Å². The van der Waals surface area contributed by atoms with Crippen LogP contribution >= 0.6 is 0 Å².